The maximum atomic E-state index is 11.9. The van der Waals surface area contributed by atoms with Crippen molar-refractivity contribution in [2.24, 2.45) is 5.92 Å². The maximum Gasteiger partial charge on any atom is 0.317 e. The van der Waals surface area contributed by atoms with E-state index in [1.165, 1.54) is 0 Å². The fourth-order valence-electron chi connectivity index (χ4n) is 2.26. The summed E-state index contributed by atoms with van der Waals surface area (Å²) in [6.07, 6.45) is 1.62. The van der Waals surface area contributed by atoms with Gasteiger partial charge in [0.15, 0.2) is 5.82 Å². The normalized spacial score (nSPS) is 18.2. The smallest absolute Gasteiger partial charge is 0.317 e. The van der Waals surface area contributed by atoms with Gasteiger partial charge in [0, 0.05) is 26.4 Å². The van der Waals surface area contributed by atoms with Gasteiger partial charge in [-0.25, -0.2) is 4.79 Å². The number of hydrogen-bond donors (Lipinski definition) is 2. The molecule has 2 amide bonds. The fraction of sp³-hybridized carbons (Fsp3) is 0.667. The summed E-state index contributed by atoms with van der Waals surface area (Å²) in [5.74, 6) is 0.381. The molecule has 0 aliphatic carbocycles. The van der Waals surface area contributed by atoms with Crippen LogP contribution in [0.2, 0.25) is 0 Å². The van der Waals surface area contributed by atoms with E-state index in [0.29, 0.717) is 31.2 Å². The summed E-state index contributed by atoms with van der Waals surface area (Å²) < 4.78 is 4.81. The Kier molecular flexibility index (Phi) is 4.54. The summed E-state index contributed by atoms with van der Waals surface area (Å²) in [5, 5.41) is 15.1. The summed E-state index contributed by atoms with van der Waals surface area (Å²) >= 11 is 0. The molecule has 20 heavy (non-hydrogen) atoms. The number of carboxylic acids is 1. The van der Waals surface area contributed by atoms with Gasteiger partial charge in [-0.2, -0.15) is 4.98 Å². The van der Waals surface area contributed by atoms with Crippen molar-refractivity contribution < 1.29 is 19.2 Å². The predicted molar refractivity (Wildman–Crippen MR) is 67.8 cm³/mol. The lowest BCUT2D eigenvalue weighted by Gasteiger charge is -2.16. The molecule has 1 fully saturated rings. The Morgan fingerprint density at radius 1 is 1.55 bits per heavy atom. The number of likely N-dealkylation sites (tertiary alicyclic amines) is 1. The largest absolute Gasteiger partial charge is 0.481 e. The zero-order chi connectivity index (χ0) is 14.5. The van der Waals surface area contributed by atoms with E-state index in [4.69, 9.17) is 9.63 Å². The second-order valence-corrected chi connectivity index (χ2v) is 4.92. The molecule has 1 saturated heterocycles. The van der Waals surface area contributed by atoms with Crippen molar-refractivity contribution in [2.45, 2.75) is 32.7 Å². The quantitative estimate of drug-likeness (QED) is 0.825. The van der Waals surface area contributed by atoms with Gasteiger partial charge < -0.3 is 19.8 Å². The van der Waals surface area contributed by atoms with Gasteiger partial charge in [-0.3, -0.25) is 4.79 Å². The lowest BCUT2D eigenvalue weighted by atomic mass is 10.0. The Balaban J connectivity index is 1.72. The van der Waals surface area contributed by atoms with E-state index in [-0.39, 0.29) is 24.9 Å². The predicted octanol–water partition coefficient (Wildman–Crippen LogP) is 0.774. The second-order valence-electron chi connectivity index (χ2n) is 4.92. The van der Waals surface area contributed by atoms with Crippen LogP contribution in [-0.4, -0.2) is 45.2 Å². The van der Waals surface area contributed by atoms with E-state index in [2.05, 4.69) is 15.5 Å². The Morgan fingerprint density at radius 3 is 3.00 bits per heavy atom. The number of amides is 2. The van der Waals surface area contributed by atoms with Crippen LogP contribution >= 0.6 is 0 Å². The third-order valence-corrected chi connectivity index (χ3v) is 3.31. The van der Waals surface area contributed by atoms with E-state index in [1.54, 1.807) is 11.8 Å². The molecule has 0 saturated carbocycles. The number of aryl methyl sites for hydroxylation is 1. The van der Waals surface area contributed by atoms with Gasteiger partial charge in [-0.15, -0.1) is 0 Å². The molecule has 8 nitrogen and oxygen atoms in total. The minimum atomic E-state index is -0.791. The second kappa shape index (κ2) is 6.36. The first-order valence-electron chi connectivity index (χ1n) is 6.58. The van der Waals surface area contributed by atoms with Crippen molar-refractivity contribution >= 4 is 12.0 Å². The molecule has 0 aromatic carbocycles. The number of nitrogens with zero attached hydrogens (tertiary/aromatic N) is 3. The van der Waals surface area contributed by atoms with Crippen molar-refractivity contribution in [3.63, 3.8) is 0 Å². The molecule has 2 N–H and O–H groups in total. The van der Waals surface area contributed by atoms with E-state index in [1.807, 2.05) is 0 Å². The number of aliphatic carboxylic acids is 1. The van der Waals surface area contributed by atoms with E-state index < -0.39 is 5.97 Å². The van der Waals surface area contributed by atoms with E-state index in [0.717, 1.165) is 6.42 Å². The molecular weight excluding hydrogens is 264 g/mol. The first-order valence-corrected chi connectivity index (χ1v) is 6.58. The summed E-state index contributed by atoms with van der Waals surface area (Å²) in [4.78, 5) is 28.1. The van der Waals surface area contributed by atoms with E-state index >= 15 is 0 Å². The number of rotatable bonds is 5. The zero-order valence-corrected chi connectivity index (χ0v) is 11.3. The van der Waals surface area contributed by atoms with Crippen LogP contribution in [-0.2, 0) is 11.3 Å². The molecule has 0 bridgehead atoms. The minimum absolute atomic E-state index is 0.155. The molecule has 1 aromatic heterocycles. The van der Waals surface area contributed by atoms with Crippen molar-refractivity contribution in [2.75, 3.05) is 13.1 Å². The fourth-order valence-corrected chi connectivity index (χ4v) is 2.26. The number of hydrogen-bond acceptors (Lipinski definition) is 5. The van der Waals surface area contributed by atoms with Gasteiger partial charge in [0.05, 0.1) is 6.54 Å². The summed E-state index contributed by atoms with van der Waals surface area (Å²) in [7, 11) is 0. The van der Waals surface area contributed by atoms with Crippen LogP contribution in [0.25, 0.3) is 0 Å². The molecule has 2 rings (SSSR count). The van der Waals surface area contributed by atoms with Gasteiger partial charge in [0.1, 0.15) is 0 Å². The van der Waals surface area contributed by atoms with Gasteiger partial charge in [-0.1, -0.05) is 5.16 Å². The Bertz CT molecular complexity index is 488. The number of carbonyl (C=O) groups is 2. The maximum absolute atomic E-state index is 11.9. The lowest BCUT2D eigenvalue weighted by Crippen LogP contribution is -2.38. The number of carbonyl (C=O) groups excluding carboxylic acids is 1. The zero-order valence-electron chi connectivity index (χ0n) is 11.3. The van der Waals surface area contributed by atoms with Crippen LogP contribution in [0, 0.1) is 12.8 Å². The Labute approximate surface area is 116 Å². The lowest BCUT2D eigenvalue weighted by molar-refractivity contribution is -0.137. The molecule has 1 aliphatic heterocycles. The summed E-state index contributed by atoms with van der Waals surface area (Å²) in [6, 6.07) is -0.176. The molecule has 8 heteroatoms. The van der Waals surface area contributed by atoms with E-state index in [9.17, 15) is 9.59 Å². The first kappa shape index (κ1) is 14.3. The van der Waals surface area contributed by atoms with Crippen molar-refractivity contribution in [1.82, 2.24) is 20.4 Å². The van der Waals surface area contributed by atoms with Crippen LogP contribution in [0.3, 0.4) is 0 Å². The topological polar surface area (TPSA) is 109 Å². The molecule has 0 radical (unpaired) electrons. The highest BCUT2D eigenvalue weighted by Crippen LogP contribution is 2.20. The van der Waals surface area contributed by atoms with Crippen LogP contribution in [0.15, 0.2) is 4.52 Å². The van der Waals surface area contributed by atoms with Crippen LogP contribution in [0.5, 0.6) is 0 Å². The van der Waals surface area contributed by atoms with Crippen LogP contribution in [0.1, 0.15) is 31.0 Å². The molecule has 1 aromatic rings. The van der Waals surface area contributed by atoms with Gasteiger partial charge in [0.2, 0.25) is 5.89 Å². The van der Waals surface area contributed by atoms with Crippen molar-refractivity contribution in [3.05, 3.63) is 11.7 Å². The molecule has 1 aliphatic rings. The Hall–Kier alpha value is -2.12. The van der Waals surface area contributed by atoms with Crippen LogP contribution in [0.4, 0.5) is 4.79 Å². The number of nitrogens with one attached hydrogen (secondary N) is 1. The highest BCUT2D eigenvalue weighted by atomic mass is 16.5. The van der Waals surface area contributed by atoms with Crippen molar-refractivity contribution in [3.8, 4) is 0 Å². The number of carboxylic acid groups (broad SMARTS) is 1. The molecule has 0 spiro atoms. The molecule has 1 atom stereocenters. The van der Waals surface area contributed by atoms with Gasteiger partial charge >= 0.3 is 12.0 Å². The molecular formula is C12H18N4O4. The van der Waals surface area contributed by atoms with Gasteiger partial charge in [-0.05, 0) is 18.8 Å². The average Bonchev–Trinajstić information content (AvgIpc) is 3.02. The SMILES string of the molecule is Cc1nc(CNC(=O)N2CCC(CCC(=O)O)C2)no1. The highest BCUT2D eigenvalue weighted by molar-refractivity contribution is 5.74. The number of aromatic nitrogens is 2. The number of urea groups is 1. The summed E-state index contributed by atoms with van der Waals surface area (Å²) in [6.45, 7) is 3.17. The standard InChI is InChI=1S/C12H18N4O4/c1-8-14-10(15-20-8)6-13-12(19)16-5-4-9(7-16)2-3-11(17)18/h9H,2-7H2,1H3,(H,13,19)(H,17,18). The Morgan fingerprint density at radius 2 is 2.35 bits per heavy atom. The minimum Gasteiger partial charge on any atom is -0.481 e. The third-order valence-electron chi connectivity index (χ3n) is 3.31. The van der Waals surface area contributed by atoms with Crippen molar-refractivity contribution in [1.29, 1.82) is 0 Å². The van der Waals surface area contributed by atoms with Gasteiger partial charge in [0.25, 0.3) is 0 Å². The molecule has 2 heterocycles. The highest BCUT2D eigenvalue weighted by Gasteiger charge is 2.26. The van der Waals surface area contributed by atoms with Crippen LogP contribution < -0.4 is 5.32 Å². The third kappa shape index (κ3) is 3.94. The average molecular weight is 282 g/mol. The molecule has 1 unspecified atom stereocenters. The molecule has 110 valence electrons. The first-order chi connectivity index (χ1) is 9.54. The monoisotopic (exact) mass is 282 g/mol. The summed E-state index contributed by atoms with van der Waals surface area (Å²) in [5.41, 5.74) is 0.